The number of ether oxygens (including phenoxy) is 1. The molecule has 0 bridgehead atoms. The summed E-state index contributed by atoms with van der Waals surface area (Å²) in [5.41, 5.74) is 2.56. The molecule has 3 aromatic rings. The number of hydrogen-bond donors (Lipinski definition) is 1. The van der Waals surface area contributed by atoms with Crippen LogP contribution in [-0.4, -0.2) is 18.4 Å². The van der Waals surface area contributed by atoms with Gasteiger partial charge in [-0.1, -0.05) is 48.5 Å². The third-order valence-electron chi connectivity index (χ3n) is 4.60. The number of amides is 2. The monoisotopic (exact) mass is 384 g/mol. The van der Waals surface area contributed by atoms with Gasteiger partial charge < -0.3 is 10.1 Å². The van der Waals surface area contributed by atoms with Crippen LogP contribution >= 0.6 is 0 Å². The summed E-state index contributed by atoms with van der Waals surface area (Å²) in [7, 11) is 0. The van der Waals surface area contributed by atoms with E-state index in [4.69, 9.17) is 4.74 Å². The third-order valence-corrected chi connectivity index (χ3v) is 4.60. The fraction of sp³-hybridized carbons (Fsp3) is 0.0833. The molecule has 5 nitrogen and oxygen atoms in total. The van der Waals surface area contributed by atoms with Crippen LogP contribution in [0.4, 0.5) is 11.4 Å². The van der Waals surface area contributed by atoms with Crippen molar-refractivity contribution in [2.45, 2.75) is 6.92 Å². The fourth-order valence-electron chi connectivity index (χ4n) is 3.28. The molecular weight excluding hydrogens is 364 g/mol. The summed E-state index contributed by atoms with van der Waals surface area (Å²) in [6.07, 6.45) is 0. The van der Waals surface area contributed by atoms with Crippen LogP contribution in [0.15, 0.2) is 90.6 Å². The van der Waals surface area contributed by atoms with Gasteiger partial charge in [-0.25, -0.2) is 4.90 Å². The fourth-order valence-corrected chi connectivity index (χ4v) is 3.28. The van der Waals surface area contributed by atoms with Gasteiger partial charge in [0.05, 0.1) is 17.9 Å². The van der Waals surface area contributed by atoms with E-state index in [1.54, 1.807) is 24.3 Å². The number of imide groups is 1. The molecule has 4 rings (SSSR count). The van der Waals surface area contributed by atoms with Crippen molar-refractivity contribution in [2.75, 3.05) is 16.8 Å². The van der Waals surface area contributed by atoms with Gasteiger partial charge in [0.2, 0.25) is 0 Å². The molecule has 0 radical (unpaired) electrons. The Morgan fingerprint density at radius 2 is 1.41 bits per heavy atom. The summed E-state index contributed by atoms with van der Waals surface area (Å²) < 4.78 is 5.46. The Hall–Kier alpha value is -3.86. The van der Waals surface area contributed by atoms with Crippen LogP contribution in [0.25, 0.3) is 5.57 Å². The highest BCUT2D eigenvalue weighted by Gasteiger charge is 2.40. The van der Waals surface area contributed by atoms with Gasteiger partial charge in [0.15, 0.2) is 0 Å². The second-order valence-corrected chi connectivity index (χ2v) is 6.48. The van der Waals surface area contributed by atoms with Crippen molar-refractivity contribution >= 4 is 28.8 Å². The number of nitrogens with one attached hydrogen (secondary N) is 1. The van der Waals surface area contributed by atoms with Crippen molar-refractivity contribution in [3.8, 4) is 5.75 Å². The molecule has 1 aliphatic rings. The highest BCUT2D eigenvalue weighted by molar-refractivity contribution is 6.46. The van der Waals surface area contributed by atoms with Crippen molar-refractivity contribution in [2.24, 2.45) is 0 Å². The topological polar surface area (TPSA) is 58.6 Å². The van der Waals surface area contributed by atoms with Crippen molar-refractivity contribution in [3.05, 3.63) is 96.2 Å². The molecule has 0 saturated carbocycles. The molecule has 1 heterocycles. The highest BCUT2D eigenvalue weighted by atomic mass is 16.5. The molecule has 0 aromatic heterocycles. The van der Waals surface area contributed by atoms with E-state index in [2.05, 4.69) is 5.32 Å². The number of carbonyl (C=O) groups excluding carboxylic acids is 2. The molecule has 144 valence electrons. The molecule has 2 amide bonds. The van der Waals surface area contributed by atoms with Crippen LogP contribution in [0.2, 0.25) is 0 Å². The lowest BCUT2D eigenvalue weighted by molar-refractivity contribution is -0.120. The van der Waals surface area contributed by atoms with Gasteiger partial charge in [-0.05, 0) is 48.9 Å². The van der Waals surface area contributed by atoms with E-state index in [-0.39, 0.29) is 17.5 Å². The summed E-state index contributed by atoms with van der Waals surface area (Å²) in [6, 6.07) is 25.5. The minimum absolute atomic E-state index is 0.265. The first-order chi connectivity index (χ1) is 14.2. The Labute approximate surface area is 169 Å². The van der Waals surface area contributed by atoms with Gasteiger partial charge in [0.25, 0.3) is 11.8 Å². The standard InChI is InChI=1S/C24H20N2O3/c1-2-29-20-15-13-19(14-16-20)26-23(27)21(17-9-5-3-6-10-17)22(24(26)28)25-18-11-7-4-8-12-18/h3-16,25H,2H2,1H3. The quantitative estimate of drug-likeness (QED) is 0.637. The predicted molar refractivity (Wildman–Crippen MR) is 114 cm³/mol. The Kier molecular flexibility index (Phi) is 5.12. The van der Waals surface area contributed by atoms with Crippen molar-refractivity contribution < 1.29 is 14.3 Å². The van der Waals surface area contributed by atoms with E-state index in [1.165, 1.54) is 4.90 Å². The maximum Gasteiger partial charge on any atom is 0.282 e. The lowest BCUT2D eigenvalue weighted by Gasteiger charge is -2.16. The van der Waals surface area contributed by atoms with E-state index in [0.717, 1.165) is 5.69 Å². The lowest BCUT2D eigenvalue weighted by Crippen LogP contribution is -2.32. The maximum atomic E-state index is 13.3. The zero-order chi connectivity index (χ0) is 20.2. The van der Waals surface area contributed by atoms with Gasteiger partial charge in [-0.15, -0.1) is 0 Å². The predicted octanol–water partition coefficient (Wildman–Crippen LogP) is 4.48. The molecule has 0 aliphatic carbocycles. The van der Waals surface area contributed by atoms with Crippen LogP contribution in [0.5, 0.6) is 5.75 Å². The summed E-state index contributed by atoms with van der Waals surface area (Å²) in [5.74, 6) is -0.0557. The Bertz CT molecular complexity index is 1060. The number of benzene rings is 3. The smallest absolute Gasteiger partial charge is 0.282 e. The van der Waals surface area contributed by atoms with E-state index in [0.29, 0.717) is 29.2 Å². The number of anilines is 2. The minimum atomic E-state index is -0.387. The van der Waals surface area contributed by atoms with E-state index >= 15 is 0 Å². The Morgan fingerprint density at radius 1 is 0.793 bits per heavy atom. The number of nitrogens with zero attached hydrogens (tertiary/aromatic N) is 1. The first kappa shape index (κ1) is 18.5. The van der Waals surface area contributed by atoms with Crippen molar-refractivity contribution in [3.63, 3.8) is 0 Å². The van der Waals surface area contributed by atoms with Crippen LogP contribution in [0.1, 0.15) is 12.5 Å². The zero-order valence-corrected chi connectivity index (χ0v) is 16.0. The van der Waals surface area contributed by atoms with Gasteiger partial charge in [0, 0.05) is 5.69 Å². The largest absolute Gasteiger partial charge is 0.494 e. The molecule has 1 N–H and O–H groups in total. The second-order valence-electron chi connectivity index (χ2n) is 6.48. The van der Waals surface area contributed by atoms with Gasteiger partial charge in [-0.2, -0.15) is 0 Å². The summed E-state index contributed by atoms with van der Waals surface area (Å²) in [6.45, 7) is 2.45. The number of rotatable bonds is 6. The molecule has 0 atom stereocenters. The number of carbonyl (C=O) groups is 2. The normalized spacial score (nSPS) is 13.8. The number of hydrogen-bond acceptors (Lipinski definition) is 4. The number of para-hydroxylation sites is 1. The molecular formula is C24H20N2O3. The molecule has 29 heavy (non-hydrogen) atoms. The van der Waals surface area contributed by atoms with E-state index < -0.39 is 0 Å². The molecule has 5 heteroatoms. The van der Waals surface area contributed by atoms with Crippen molar-refractivity contribution in [1.29, 1.82) is 0 Å². The van der Waals surface area contributed by atoms with Crippen LogP contribution < -0.4 is 15.0 Å². The SMILES string of the molecule is CCOc1ccc(N2C(=O)C(Nc3ccccc3)=C(c3ccccc3)C2=O)cc1. The zero-order valence-electron chi connectivity index (χ0n) is 16.0. The van der Waals surface area contributed by atoms with Gasteiger partial charge in [0.1, 0.15) is 11.4 Å². The average Bonchev–Trinajstić information content (AvgIpc) is 3.00. The molecule has 0 spiro atoms. The Morgan fingerprint density at radius 3 is 2.03 bits per heavy atom. The molecule has 1 aliphatic heterocycles. The average molecular weight is 384 g/mol. The molecule has 0 saturated heterocycles. The first-order valence-corrected chi connectivity index (χ1v) is 9.42. The molecule has 0 fully saturated rings. The van der Waals surface area contributed by atoms with Gasteiger partial charge >= 0.3 is 0 Å². The summed E-state index contributed by atoms with van der Waals surface area (Å²) in [4.78, 5) is 27.8. The molecule has 3 aromatic carbocycles. The van der Waals surface area contributed by atoms with Crippen molar-refractivity contribution in [1.82, 2.24) is 0 Å². The second kappa shape index (κ2) is 8.02. The van der Waals surface area contributed by atoms with Crippen LogP contribution in [0.3, 0.4) is 0 Å². The summed E-state index contributed by atoms with van der Waals surface area (Å²) in [5, 5.41) is 3.14. The van der Waals surface area contributed by atoms with Gasteiger partial charge in [-0.3, -0.25) is 9.59 Å². The van der Waals surface area contributed by atoms with Crippen LogP contribution in [0, 0.1) is 0 Å². The minimum Gasteiger partial charge on any atom is -0.494 e. The van der Waals surface area contributed by atoms with E-state index in [9.17, 15) is 9.59 Å². The summed E-state index contributed by atoms with van der Waals surface area (Å²) >= 11 is 0. The maximum absolute atomic E-state index is 13.3. The third kappa shape index (κ3) is 3.62. The van der Waals surface area contributed by atoms with Crippen LogP contribution in [-0.2, 0) is 9.59 Å². The highest BCUT2D eigenvalue weighted by Crippen LogP contribution is 2.34. The van der Waals surface area contributed by atoms with E-state index in [1.807, 2.05) is 67.6 Å². The first-order valence-electron chi connectivity index (χ1n) is 9.42. The molecule has 0 unspecified atom stereocenters. The Balaban J connectivity index is 1.75. The lowest BCUT2D eigenvalue weighted by atomic mass is 10.0.